The van der Waals surface area contributed by atoms with E-state index in [1.165, 1.54) is 6.33 Å². The van der Waals surface area contributed by atoms with Crippen LogP contribution in [0.3, 0.4) is 0 Å². The summed E-state index contributed by atoms with van der Waals surface area (Å²) in [5.41, 5.74) is 2.05. The number of nitrogens with one attached hydrogen (secondary N) is 2. The summed E-state index contributed by atoms with van der Waals surface area (Å²) in [5, 5.41) is 7.56. The Morgan fingerprint density at radius 2 is 1.89 bits per heavy atom. The number of pyridine rings is 1. The fourth-order valence-corrected chi connectivity index (χ4v) is 5.93. The maximum Gasteiger partial charge on any atom is 0.256 e. The van der Waals surface area contributed by atoms with Crippen molar-refractivity contribution in [3.8, 4) is 0 Å². The average Bonchev–Trinajstić information content (AvgIpc) is 3.32. The van der Waals surface area contributed by atoms with Crippen LogP contribution in [0.1, 0.15) is 37.4 Å². The van der Waals surface area contributed by atoms with Gasteiger partial charge in [-0.15, -0.1) is 0 Å². The van der Waals surface area contributed by atoms with Crippen LogP contribution in [0, 0.1) is 0 Å². The smallest absolute Gasteiger partial charge is 0.256 e. The standard InChI is InChI=1S/C27H39F2N7OSi/c1-18-13-35(14-19(2)33-18)23-8-6-7-20(34-23)12-30-25-24-21(22-11-27(22,28)29)15-36(26(24)32-16-31-25)17-37-9-10-38(3,4)5/h6-8,15-16,18-19,22,33H,9-14,17H2,1-5H3,(H,30,31,32)/t18-,19+,22?. The van der Waals surface area contributed by atoms with E-state index in [2.05, 4.69) is 59.0 Å². The Bertz CT molecular complexity index is 1270. The summed E-state index contributed by atoms with van der Waals surface area (Å²) >= 11 is 0. The molecule has 1 saturated heterocycles. The molecule has 38 heavy (non-hydrogen) atoms. The number of alkyl halides is 2. The molecule has 1 saturated carbocycles. The predicted octanol–water partition coefficient (Wildman–Crippen LogP) is 5.06. The molecule has 206 valence electrons. The number of anilines is 2. The molecule has 0 aromatic carbocycles. The quantitative estimate of drug-likeness (QED) is 0.273. The molecule has 4 heterocycles. The highest BCUT2D eigenvalue weighted by Gasteiger charge is 2.58. The molecule has 2 N–H and O–H groups in total. The Balaban J connectivity index is 1.36. The second-order valence-corrected chi connectivity index (χ2v) is 17.7. The van der Waals surface area contributed by atoms with E-state index in [4.69, 9.17) is 9.72 Å². The van der Waals surface area contributed by atoms with Gasteiger partial charge in [-0.2, -0.15) is 0 Å². The maximum atomic E-state index is 14.2. The number of hydrogen-bond donors (Lipinski definition) is 2. The Hall–Kier alpha value is -2.63. The summed E-state index contributed by atoms with van der Waals surface area (Å²) in [5.74, 6) is -2.03. The fourth-order valence-electron chi connectivity index (χ4n) is 5.17. The second kappa shape index (κ2) is 10.5. The van der Waals surface area contributed by atoms with E-state index in [1.54, 1.807) is 6.20 Å². The van der Waals surface area contributed by atoms with Gasteiger partial charge in [-0.25, -0.2) is 23.7 Å². The van der Waals surface area contributed by atoms with Crippen molar-refractivity contribution in [2.45, 2.75) is 83.2 Å². The summed E-state index contributed by atoms with van der Waals surface area (Å²) in [6, 6.07) is 7.83. The molecule has 1 aliphatic heterocycles. The predicted molar refractivity (Wildman–Crippen MR) is 150 cm³/mol. The molecule has 5 rings (SSSR count). The van der Waals surface area contributed by atoms with Gasteiger partial charge >= 0.3 is 0 Å². The van der Waals surface area contributed by atoms with Crippen molar-refractivity contribution in [1.82, 2.24) is 24.8 Å². The second-order valence-electron chi connectivity index (χ2n) is 12.1. The number of hydrogen-bond acceptors (Lipinski definition) is 7. The molecule has 2 fully saturated rings. The van der Waals surface area contributed by atoms with Gasteiger partial charge in [-0.1, -0.05) is 25.7 Å². The zero-order chi connectivity index (χ0) is 27.1. The van der Waals surface area contributed by atoms with Gasteiger partial charge in [0.05, 0.1) is 23.5 Å². The van der Waals surface area contributed by atoms with E-state index in [-0.39, 0.29) is 13.2 Å². The molecule has 0 bridgehead atoms. The van der Waals surface area contributed by atoms with Crippen LogP contribution in [0.4, 0.5) is 20.4 Å². The lowest BCUT2D eigenvalue weighted by molar-refractivity contribution is 0.0894. The molecule has 11 heteroatoms. The van der Waals surface area contributed by atoms with Crippen LogP contribution in [0.2, 0.25) is 25.7 Å². The van der Waals surface area contributed by atoms with E-state index < -0.39 is 19.9 Å². The summed E-state index contributed by atoms with van der Waals surface area (Å²) in [6.07, 6.45) is 3.10. The van der Waals surface area contributed by atoms with Gasteiger partial charge < -0.3 is 24.8 Å². The first-order valence-corrected chi connectivity index (χ1v) is 17.2. The van der Waals surface area contributed by atoms with E-state index in [0.29, 0.717) is 47.7 Å². The number of aromatic nitrogens is 4. The van der Waals surface area contributed by atoms with E-state index in [1.807, 2.05) is 22.8 Å². The molecule has 1 aliphatic carbocycles. The Labute approximate surface area is 224 Å². The van der Waals surface area contributed by atoms with E-state index >= 15 is 0 Å². The molecular formula is C27H39F2N7OSi. The van der Waals surface area contributed by atoms with Crippen molar-refractivity contribution in [1.29, 1.82) is 0 Å². The minimum atomic E-state index is -2.70. The number of piperazine rings is 1. The lowest BCUT2D eigenvalue weighted by atomic mass is 10.1. The minimum Gasteiger partial charge on any atom is -0.364 e. The molecule has 3 atom stereocenters. The summed E-state index contributed by atoms with van der Waals surface area (Å²) in [6.45, 7) is 14.4. The Morgan fingerprint density at radius 3 is 2.58 bits per heavy atom. The molecule has 0 amide bonds. The number of halogens is 2. The normalized spacial score (nSPS) is 23.1. The highest BCUT2D eigenvalue weighted by Crippen LogP contribution is 2.57. The van der Waals surface area contributed by atoms with Gasteiger partial charge in [0.1, 0.15) is 30.3 Å². The molecule has 8 nitrogen and oxygen atoms in total. The van der Waals surface area contributed by atoms with Crippen molar-refractivity contribution in [3.63, 3.8) is 0 Å². The topological polar surface area (TPSA) is 80.1 Å². The van der Waals surface area contributed by atoms with Crippen molar-refractivity contribution in [2.75, 3.05) is 29.9 Å². The van der Waals surface area contributed by atoms with Crippen molar-refractivity contribution >= 4 is 30.7 Å². The van der Waals surface area contributed by atoms with Gasteiger partial charge in [0.15, 0.2) is 0 Å². The molecule has 3 aromatic heterocycles. The zero-order valence-corrected chi connectivity index (χ0v) is 24.0. The van der Waals surface area contributed by atoms with Gasteiger partial charge in [0, 0.05) is 52.5 Å². The Morgan fingerprint density at radius 1 is 1.16 bits per heavy atom. The van der Waals surface area contributed by atoms with Gasteiger partial charge in [-0.3, -0.25) is 0 Å². The molecular weight excluding hydrogens is 504 g/mol. The highest BCUT2D eigenvalue weighted by atomic mass is 28.3. The van der Waals surface area contributed by atoms with Crippen LogP contribution in [0.25, 0.3) is 11.0 Å². The van der Waals surface area contributed by atoms with Gasteiger partial charge in [0.2, 0.25) is 0 Å². The lowest BCUT2D eigenvalue weighted by Crippen LogP contribution is -2.54. The molecule has 0 radical (unpaired) electrons. The number of nitrogens with zero attached hydrogens (tertiary/aromatic N) is 5. The Kier molecular flexibility index (Phi) is 7.45. The van der Waals surface area contributed by atoms with Crippen molar-refractivity contribution in [2.24, 2.45) is 0 Å². The summed E-state index contributed by atoms with van der Waals surface area (Å²) in [4.78, 5) is 16.1. The third-order valence-electron chi connectivity index (χ3n) is 7.22. The lowest BCUT2D eigenvalue weighted by Gasteiger charge is -2.37. The van der Waals surface area contributed by atoms with Gasteiger partial charge in [0.25, 0.3) is 5.92 Å². The molecule has 2 aliphatic rings. The largest absolute Gasteiger partial charge is 0.364 e. The summed E-state index contributed by atoms with van der Waals surface area (Å²) in [7, 11) is -1.23. The van der Waals surface area contributed by atoms with Crippen LogP contribution < -0.4 is 15.5 Å². The molecule has 1 unspecified atom stereocenters. The number of fused-ring (bicyclic) bond motifs is 1. The first kappa shape index (κ1) is 27.0. The number of rotatable bonds is 10. The molecule has 3 aromatic rings. The first-order valence-electron chi connectivity index (χ1n) is 13.5. The maximum absolute atomic E-state index is 14.2. The third kappa shape index (κ3) is 6.15. The van der Waals surface area contributed by atoms with E-state index in [0.717, 1.165) is 30.6 Å². The fraction of sp³-hybridized carbons (Fsp3) is 0.593. The molecule has 0 spiro atoms. The van der Waals surface area contributed by atoms with Crippen LogP contribution in [-0.4, -0.2) is 65.3 Å². The van der Waals surface area contributed by atoms with Gasteiger partial charge in [-0.05, 0) is 37.6 Å². The highest BCUT2D eigenvalue weighted by molar-refractivity contribution is 6.76. The van der Waals surface area contributed by atoms with Crippen LogP contribution in [0.15, 0.2) is 30.7 Å². The van der Waals surface area contributed by atoms with E-state index in [9.17, 15) is 8.78 Å². The third-order valence-corrected chi connectivity index (χ3v) is 8.93. The van der Waals surface area contributed by atoms with Crippen molar-refractivity contribution < 1.29 is 13.5 Å². The van der Waals surface area contributed by atoms with Crippen LogP contribution in [0.5, 0.6) is 0 Å². The number of ether oxygens (including phenoxy) is 1. The first-order chi connectivity index (χ1) is 18.0. The average molecular weight is 544 g/mol. The zero-order valence-electron chi connectivity index (χ0n) is 23.0. The minimum absolute atomic E-state index is 0.151. The SMILES string of the molecule is C[C@@H]1CN(c2cccc(CNc3ncnc4c3c(C3CC3(F)F)cn4COCC[Si](C)(C)C)n2)C[C@H](C)N1. The summed E-state index contributed by atoms with van der Waals surface area (Å²) < 4.78 is 36.2. The van der Waals surface area contributed by atoms with Crippen molar-refractivity contribution in [3.05, 3.63) is 42.0 Å². The monoisotopic (exact) mass is 543 g/mol. The van der Waals surface area contributed by atoms with Crippen LogP contribution >= 0.6 is 0 Å². The van der Waals surface area contributed by atoms with Crippen LogP contribution in [-0.2, 0) is 18.0 Å².